The van der Waals surface area contributed by atoms with Crippen LogP contribution in [0.2, 0.25) is 0 Å². The van der Waals surface area contributed by atoms with Crippen molar-refractivity contribution >= 4 is 11.9 Å². The van der Waals surface area contributed by atoms with Crippen LogP contribution in [0.1, 0.15) is 27.1 Å². The van der Waals surface area contributed by atoms with Crippen molar-refractivity contribution in [2.45, 2.75) is 25.7 Å². The number of carbonyl (C=O) groups excluding carboxylic acids is 2. The second-order valence-electron chi connectivity index (χ2n) is 1.95. The fraction of sp³-hybridized carbons (Fsp3) is 0.667. The molecule has 0 radical (unpaired) electrons. The molecule has 0 fully saturated rings. The zero-order valence-corrected chi connectivity index (χ0v) is 6.46. The molecule has 0 bridgehead atoms. The third-order valence-electron chi connectivity index (χ3n) is 1.01. The fourth-order valence-electron chi connectivity index (χ4n) is 0.539. The van der Waals surface area contributed by atoms with Gasteiger partial charge < -0.3 is 19.8 Å². The van der Waals surface area contributed by atoms with Gasteiger partial charge in [-0.05, 0) is 25.7 Å². The molecule has 0 aliphatic heterocycles. The number of unbranched alkanes of at least 4 members (excludes halogenated alkanes) is 1. The molecule has 11 heavy (non-hydrogen) atoms. The fourth-order valence-corrected chi connectivity index (χ4v) is 0.539. The molecule has 4 nitrogen and oxygen atoms in total. The summed E-state index contributed by atoms with van der Waals surface area (Å²) in [7, 11) is 0. The van der Waals surface area contributed by atoms with E-state index in [1.165, 1.54) is 0 Å². The van der Waals surface area contributed by atoms with E-state index in [1.54, 1.807) is 0 Å². The molecule has 0 aliphatic carbocycles. The molecule has 0 atom stereocenters. The van der Waals surface area contributed by atoms with Gasteiger partial charge in [-0.15, -0.1) is 0 Å². The van der Waals surface area contributed by atoms with Crippen LogP contribution in [0.25, 0.3) is 0 Å². The first-order valence-electron chi connectivity index (χ1n) is 3.02. The topological polar surface area (TPSA) is 80.3 Å². The Morgan fingerprint density at radius 3 is 1.45 bits per heavy atom. The molecule has 58 valence electrons. The minimum Gasteiger partial charge on any atom is -0.550 e. The second kappa shape index (κ2) is 7.64. The van der Waals surface area contributed by atoms with E-state index in [1.807, 2.05) is 0 Å². The van der Waals surface area contributed by atoms with Crippen LogP contribution in [0.4, 0.5) is 0 Å². The third-order valence-corrected chi connectivity index (χ3v) is 1.01. The summed E-state index contributed by atoms with van der Waals surface area (Å²) in [6, 6.07) is 0. The molecule has 0 spiro atoms. The molecule has 0 aromatic heterocycles. The monoisotopic (exact) mass is 152 g/mol. The summed E-state index contributed by atoms with van der Waals surface area (Å²) in [5.74, 6) is -2.28. The van der Waals surface area contributed by atoms with E-state index in [4.69, 9.17) is 0 Å². The summed E-state index contributed by atoms with van der Waals surface area (Å²) in [5.41, 5.74) is 0. The zero-order valence-electron chi connectivity index (χ0n) is 7.46. The van der Waals surface area contributed by atoms with E-state index in [0.717, 1.165) is 0 Å². The smallest absolute Gasteiger partial charge is 0.550 e. The van der Waals surface area contributed by atoms with Crippen molar-refractivity contribution in [3.63, 3.8) is 0 Å². The Labute approximate surface area is 78.3 Å². The number of carboxylic acid groups (broad SMARTS) is 2. The van der Waals surface area contributed by atoms with Crippen molar-refractivity contribution in [1.29, 1.82) is 0 Å². The third kappa shape index (κ3) is 12.7. The van der Waals surface area contributed by atoms with Crippen LogP contribution in [0.3, 0.4) is 0 Å². The van der Waals surface area contributed by atoms with Gasteiger partial charge in [0, 0.05) is 11.9 Å². The standard InChI is InChI=1S/C6H10O4.Li/c7-5(8)3-1-2-4-6(9)10;/h1-4H2,(H,7,8)(H,9,10);/q;+1/p-1. The number of hydrogen-bond donors (Lipinski definition) is 0. The van der Waals surface area contributed by atoms with Crippen molar-refractivity contribution < 1.29 is 40.1 Å². The average molecular weight is 152 g/mol. The zero-order chi connectivity index (χ0) is 7.98. The Balaban J connectivity index is -0.000000405. The van der Waals surface area contributed by atoms with Crippen molar-refractivity contribution in [3.05, 3.63) is 0 Å². The predicted octanol–water partition coefficient (Wildman–Crippen LogP) is -4.84. The normalized spacial score (nSPS) is 8.36. The van der Waals surface area contributed by atoms with Gasteiger partial charge in [-0.1, -0.05) is 0 Å². The molecule has 0 saturated carbocycles. The van der Waals surface area contributed by atoms with Gasteiger partial charge in [-0.25, -0.2) is 0 Å². The first kappa shape index (κ1) is 13.2. The number of carboxylic acids is 2. The molecule has 0 heterocycles. The van der Waals surface area contributed by atoms with Crippen LogP contribution in [0, 0.1) is 0 Å². The number of carbonyl (C=O) groups is 2. The number of aliphatic carboxylic acids is 2. The molecule has 0 N–H and O–H groups in total. The summed E-state index contributed by atoms with van der Waals surface area (Å²) in [6.45, 7) is 0. The summed E-state index contributed by atoms with van der Waals surface area (Å²) < 4.78 is 0. The maximum Gasteiger partial charge on any atom is 1.00 e. The van der Waals surface area contributed by atoms with Crippen LogP contribution in [0.15, 0.2) is 0 Å². The van der Waals surface area contributed by atoms with Gasteiger partial charge in [0.15, 0.2) is 0 Å². The molecular weight excluding hydrogens is 143 g/mol. The number of rotatable bonds is 5. The van der Waals surface area contributed by atoms with Crippen molar-refractivity contribution in [3.8, 4) is 0 Å². The molecule has 0 aromatic rings. The van der Waals surface area contributed by atoms with Gasteiger partial charge in [0.1, 0.15) is 0 Å². The largest absolute Gasteiger partial charge is 1.00 e. The number of hydrogen-bond acceptors (Lipinski definition) is 4. The summed E-state index contributed by atoms with van der Waals surface area (Å²) >= 11 is 0. The molecule has 5 heteroatoms. The van der Waals surface area contributed by atoms with Crippen LogP contribution >= 0.6 is 0 Å². The van der Waals surface area contributed by atoms with Crippen LogP contribution in [-0.4, -0.2) is 11.9 Å². The SMILES string of the molecule is O=C([O-])CCCCC(=O)[O-].[H+].[Li+]. The Bertz CT molecular complexity index is 124. The van der Waals surface area contributed by atoms with Crippen molar-refractivity contribution in [2.24, 2.45) is 0 Å². The Morgan fingerprint density at radius 2 is 1.27 bits per heavy atom. The quantitative estimate of drug-likeness (QED) is 0.292. The van der Waals surface area contributed by atoms with Crippen LogP contribution in [-0.2, 0) is 9.59 Å². The average Bonchev–Trinajstić information content (AvgIpc) is 1.79. The second-order valence-corrected chi connectivity index (χ2v) is 1.95. The van der Waals surface area contributed by atoms with Gasteiger partial charge in [0.2, 0.25) is 0 Å². The maximum absolute atomic E-state index is 9.77. The molecular formula is C6H9LiO4. The summed E-state index contributed by atoms with van der Waals surface area (Å²) in [4.78, 5) is 19.5. The van der Waals surface area contributed by atoms with E-state index >= 15 is 0 Å². The molecule has 0 saturated heterocycles. The first-order chi connectivity index (χ1) is 4.63. The molecule has 0 rings (SSSR count). The van der Waals surface area contributed by atoms with Gasteiger partial charge >= 0.3 is 20.3 Å². The van der Waals surface area contributed by atoms with Gasteiger partial charge in [-0.2, -0.15) is 0 Å². The van der Waals surface area contributed by atoms with Gasteiger partial charge in [0.05, 0.1) is 0 Å². The van der Waals surface area contributed by atoms with E-state index in [9.17, 15) is 19.8 Å². The van der Waals surface area contributed by atoms with Crippen molar-refractivity contribution in [1.82, 2.24) is 0 Å². The molecule has 0 aliphatic rings. The van der Waals surface area contributed by atoms with Crippen molar-refractivity contribution in [2.75, 3.05) is 0 Å². The predicted molar refractivity (Wildman–Crippen MR) is 29.6 cm³/mol. The maximum atomic E-state index is 9.77. The van der Waals surface area contributed by atoms with Gasteiger partial charge in [-0.3, -0.25) is 0 Å². The molecule has 0 amide bonds. The Morgan fingerprint density at radius 1 is 1.00 bits per heavy atom. The van der Waals surface area contributed by atoms with E-state index < -0.39 is 11.9 Å². The minimum atomic E-state index is -1.14. The Hall–Kier alpha value is -0.463. The first-order valence-corrected chi connectivity index (χ1v) is 3.02. The van der Waals surface area contributed by atoms with E-state index in [2.05, 4.69) is 0 Å². The summed E-state index contributed by atoms with van der Waals surface area (Å²) in [6.07, 6.45) is 0.535. The Kier molecular flexibility index (Phi) is 9.14. The van der Waals surface area contributed by atoms with Crippen LogP contribution in [0.5, 0.6) is 0 Å². The van der Waals surface area contributed by atoms with Crippen LogP contribution < -0.4 is 29.1 Å². The summed E-state index contributed by atoms with van der Waals surface area (Å²) in [5, 5.41) is 19.5. The van der Waals surface area contributed by atoms with E-state index in [-0.39, 0.29) is 33.1 Å². The van der Waals surface area contributed by atoms with E-state index in [0.29, 0.717) is 12.8 Å². The van der Waals surface area contributed by atoms with Gasteiger partial charge in [0.25, 0.3) is 0 Å². The molecule has 0 unspecified atom stereocenters. The minimum absolute atomic E-state index is 0. The molecule has 0 aromatic carbocycles.